The Morgan fingerprint density at radius 2 is 2.12 bits per heavy atom. The van der Waals surface area contributed by atoms with Crippen molar-refractivity contribution >= 4 is 33.2 Å². The lowest BCUT2D eigenvalue weighted by molar-refractivity contribution is -0.385. The third-order valence-electron chi connectivity index (χ3n) is 2.24. The largest absolute Gasteiger partial charge is 0.329 e. The standard InChI is InChI=1S/C10H7BrClN3O2/c1-6-9(15(16)17)10(12)14(13-6)8-5-3-2-4-7(8)11/h2-5H,1H3. The highest BCUT2D eigenvalue weighted by Crippen LogP contribution is 2.32. The van der Waals surface area contributed by atoms with E-state index in [2.05, 4.69) is 21.0 Å². The van der Waals surface area contributed by atoms with Crippen LogP contribution in [0.3, 0.4) is 0 Å². The Hall–Kier alpha value is -1.40. The molecule has 1 heterocycles. The number of benzene rings is 1. The van der Waals surface area contributed by atoms with Crippen LogP contribution in [0.5, 0.6) is 0 Å². The van der Waals surface area contributed by atoms with E-state index in [0.29, 0.717) is 5.69 Å². The molecule has 0 spiro atoms. The van der Waals surface area contributed by atoms with Gasteiger partial charge in [0.05, 0.1) is 10.6 Å². The first-order valence-electron chi connectivity index (χ1n) is 4.66. The van der Waals surface area contributed by atoms with Crippen molar-refractivity contribution in [1.82, 2.24) is 9.78 Å². The monoisotopic (exact) mass is 315 g/mol. The number of hydrogen-bond acceptors (Lipinski definition) is 3. The predicted molar refractivity (Wildman–Crippen MR) is 67.7 cm³/mol. The molecular weight excluding hydrogens is 309 g/mol. The number of aryl methyl sites for hydroxylation is 1. The van der Waals surface area contributed by atoms with E-state index >= 15 is 0 Å². The summed E-state index contributed by atoms with van der Waals surface area (Å²) in [6.07, 6.45) is 0. The maximum Gasteiger partial charge on any atom is 0.329 e. The van der Waals surface area contributed by atoms with Crippen LogP contribution in [0.4, 0.5) is 5.69 Å². The normalized spacial score (nSPS) is 10.5. The summed E-state index contributed by atoms with van der Waals surface area (Å²) >= 11 is 9.32. The molecular formula is C10H7BrClN3O2. The minimum atomic E-state index is -0.530. The molecule has 0 bridgehead atoms. The van der Waals surface area contributed by atoms with E-state index in [9.17, 15) is 10.1 Å². The number of nitro groups is 1. The Bertz CT molecular complexity index is 597. The van der Waals surface area contributed by atoms with Crippen molar-refractivity contribution in [2.24, 2.45) is 0 Å². The van der Waals surface area contributed by atoms with Crippen molar-refractivity contribution in [3.8, 4) is 5.69 Å². The van der Waals surface area contributed by atoms with Gasteiger partial charge in [-0.1, -0.05) is 23.7 Å². The maximum atomic E-state index is 10.8. The van der Waals surface area contributed by atoms with Gasteiger partial charge in [0.25, 0.3) is 0 Å². The number of nitrogens with zero attached hydrogens (tertiary/aromatic N) is 3. The second-order valence-electron chi connectivity index (χ2n) is 3.35. The molecule has 1 aromatic heterocycles. The van der Waals surface area contributed by atoms with Crippen LogP contribution in [0, 0.1) is 17.0 Å². The summed E-state index contributed by atoms with van der Waals surface area (Å²) in [6, 6.07) is 7.23. The highest BCUT2D eigenvalue weighted by Gasteiger charge is 2.24. The van der Waals surface area contributed by atoms with Gasteiger partial charge in [0, 0.05) is 4.47 Å². The fraction of sp³-hybridized carbons (Fsp3) is 0.100. The molecule has 0 aliphatic carbocycles. The van der Waals surface area contributed by atoms with Crippen molar-refractivity contribution in [1.29, 1.82) is 0 Å². The fourth-order valence-corrected chi connectivity index (χ4v) is 2.27. The van der Waals surface area contributed by atoms with Gasteiger partial charge in [-0.05, 0) is 35.0 Å². The summed E-state index contributed by atoms with van der Waals surface area (Å²) in [4.78, 5) is 10.3. The van der Waals surface area contributed by atoms with Crippen LogP contribution >= 0.6 is 27.5 Å². The Morgan fingerprint density at radius 3 is 2.65 bits per heavy atom. The molecule has 0 amide bonds. The topological polar surface area (TPSA) is 61.0 Å². The first kappa shape index (κ1) is 12.1. The molecule has 0 saturated carbocycles. The summed E-state index contributed by atoms with van der Waals surface area (Å²) in [7, 11) is 0. The third kappa shape index (κ3) is 2.05. The van der Waals surface area contributed by atoms with Gasteiger partial charge in [0.1, 0.15) is 5.69 Å². The zero-order valence-electron chi connectivity index (χ0n) is 8.72. The Labute approximate surface area is 110 Å². The van der Waals surface area contributed by atoms with Crippen molar-refractivity contribution in [2.45, 2.75) is 6.92 Å². The van der Waals surface area contributed by atoms with Crippen LogP contribution < -0.4 is 0 Å². The van der Waals surface area contributed by atoms with E-state index in [0.717, 1.165) is 4.47 Å². The first-order valence-corrected chi connectivity index (χ1v) is 5.84. The smallest absolute Gasteiger partial charge is 0.258 e. The Kier molecular flexibility index (Phi) is 3.17. The number of hydrogen-bond donors (Lipinski definition) is 0. The highest BCUT2D eigenvalue weighted by atomic mass is 79.9. The zero-order chi connectivity index (χ0) is 12.6. The lowest BCUT2D eigenvalue weighted by atomic mass is 10.3. The van der Waals surface area contributed by atoms with Crippen LogP contribution in [0.25, 0.3) is 5.69 Å². The van der Waals surface area contributed by atoms with Gasteiger partial charge >= 0.3 is 5.69 Å². The summed E-state index contributed by atoms with van der Waals surface area (Å²) < 4.78 is 2.11. The second kappa shape index (κ2) is 4.46. The van der Waals surface area contributed by atoms with E-state index in [4.69, 9.17) is 11.6 Å². The first-order chi connectivity index (χ1) is 8.02. The molecule has 7 heteroatoms. The van der Waals surface area contributed by atoms with Gasteiger partial charge in [-0.2, -0.15) is 5.10 Å². The minimum Gasteiger partial charge on any atom is -0.258 e. The average Bonchev–Trinajstić information content (AvgIpc) is 2.55. The van der Waals surface area contributed by atoms with E-state index in [1.165, 1.54) is 4.68 Å². The summed E-state index contributed by atoms with van der Waals surface area (Å²) in [6.45, 7) is 1.55. The quantitative estimate of drug-likeness (QED) is 0.629. The molecule has 0 N–H and O–H groups in total. The molecule has 88 valence electrons. The molecule has 0 aliphatic heterocycles. The highest BCUT2D eigenvalue weighted by molar-refractivity contribution is 9.10. The van der Waals surface area contributed by atoms with Gasteiger partial charge < -0.3 is 0 Å². The maximum absolute atomic E-state index is 10.8. The molecule has 0 unspecified atom stereocenters. The number of aromatic nitrogens is 2. The molecule has 0 fully saturated rings. The van der Waals surface area contributed by atoms with Crippen LogP contribution in [-0.4, -0.2) is 14.7 Å². The summed E-state index contributed by atoms with van der Waals surface area (Å²) in [5, 5.41) is 14.9. The molecule has 2 rings (SSSR count). The molecule has 5 nitrogen and oxygen atoms in total. The predicted octanol–water partition coefficient (Wildman–Crippen LogP) is 3.50. The summed E-state index contributed by atoms with van der Waals surface area (Å²) in [5.41, 5.74) is 0.784. The van der Waals surface area contributed by atoms with Crippen molar-refractivity contribution < 1.29 is 4.92 Å². The van der Waals surface area contributed by atoms with E-state index in [-0.39, 0.29) is 16.5 Å². The second-order valence-corrected chi connectivity index (χ2v) is 4.56. The lowest BCUT2D eigenvalue weighted by Gasteiger charge is -2.04. The SMILES string of the molecule is Cc1nn(-c2ccccc2Br)c(Cl)c1[N+](=O)[O-]. The van der Waals surface area contributed by atoms with Crippen molar-refractivity contribution in [3.63, 3.8) is 0 Å². The van der Waals surface area contributed by atoms with Crippen LogP contribution in [0.2, 0.25) is 5.15 Å². The van der Waals surface area contributed by atoms with Crippen molar-refractivity contribution in [2.75, 3.05) is 0 Å². The Balaban J connectivity index is 2.66. The van der Waals surface area contributed by atoms with Gasteiger partial charge in [0.15, 0.2) is 0 Å². The fourth-order valence-electron chi connectivity index (χ4n) is 1.48. The van der Waals surface area contributed by atoms with E-state index in [1.807, 2.05) is 12.1 Å². The number of halogens is 2. The van der Waals surface area contributed by atoms with Crippen LogP contribution in [0.1, 0.15) is 5.69 Å². The summed E-state index contributed by atoms with van der Waals surface area (Å²) in [5.74, 6) is 0. The molecule has 0 atom stereocenters. The molecule has 1 aromatic carbocycles. The minimum absolute atomic E-state index is 0.000556. The van der Waals surface area contributed by atoms with Gasteiger partial charge in [-0.15, -0.1) is 0 Å². The van der Waals surface area contributed by atoms with Crippen molar-refractivity contribution in [3.05, 3.63) is 49.7 Å². The Morgan fingerprint density at radius 1 is 1.47 bits per heavy atom. The van der Waals surface area contributed by atoms with Crippen LogP contribution in [0.15, 0.2) is 28.7 Å². The van der Waals surface area contributed by atoms with Gasteiger partial charge in [-0.25, -0.2) is 4.68 Å². The molecule has 0 aliphatic rings. The van der Waals surface area contributed by atoms with Gasteiger partial charge in [-0.3, -0.25) is 10.1 Å². The zero-order valence-corrected chi connectivity index (χ0v) is 11.1. The van der Waals surface area contributed by atoms with Gasteiger partial charge in [0.2, 0.25) is 5.15 Å². The molecule has 0 radical (unpaired) electrons. The molecule has 0 saturated heterocycles. The van der Waals surface area contributed by atoms with E-state index in [1.54, 1.807) is 19.1 Å². The van der Waals surface area contributed by atoms with E-state index < -0.39 is 4.92 Å². The average molecular weight is 317 g/mol. The third-order valence-corrected chi connectivity index (χ3v) is 3.25. The number of para-hydroxylation sites is 1. The molecule has 2 aromatic rings. The number of rotatable bonds is 2. The lowest BCUT2D eigenvalue weighted by Crippen LogP contribution is -1.97. The van der Waals surface area contributed by atoms with Crippen LogP contribution in [-0.2, 0) is 0 Å². The molecule has 17 heavy (non-hydrogen) atoms.